The SMILES string of the molecule is C(=Nc1ccccc1)c1ccc[n-]1.C(=Nc1ccccc1)c1ccc[n-]1.[CH2-]CC.[Ti+4]. The molecular formula is C25H25N4Ti+. The molecule has 0 saturated carbocycles. The standard InChI is InChI=1S/2C11H9N2.C3H7.Ti/c2*1-2-5-10(6-3-1)13-9-11-7-4-8-12-11;1-3-2;/h2*1-9H;1,3H2,2H3;/q3*-1;+4. The first-order chi connectivity index (χ1) is 14.3. The first kappa shape index (κ1) is 25.1. The average Bonchev–Trinajstić information content (AvgIpc) is 3.48. The third kappa shape index (κ3) is 10.6. The Balaban J connectivity index is 0.000000258. The van der Waals surface area contributed by atoms with E-state index in [4.69, 9.17) is 0 Å². The average molecular weight is 429 g/mol. The topological polar surface area (TPSA) is 52.9 Å². The largest absolute Gasteiger partial charge is 4.00 e. The van der Waals surface area contributed by atoms with E-state index in [1.165, 1.54) is 0 Å². The molecule has 0 bridgehead atoms. The maximum absolute atomic E-state index is 4.26. The smallest absolute Gasteiger partial charge is 0.663 e. The van der Waals surface area contributed by atoms with Crippen molar-refractivity contribution in [2.24, 2.45) is 9.98 Å². The Hall–Kier alpha value is -2.95. The van der Waals surface area contributed by atoms with Gasteiger partial charge in [0.25, 0.3) is 0 Å². The Kier molecular flexibility index (Phi) is 13.3. The first-order valence-electron chi connectivity index (χ1n) is 9.44. The predicted octanol–water partition coefficient (Wildman–Crippen LogP) is 6.02. The molecule has 0 N–H and O–H groups in total. The van der Waals surface area contributed by atoms with Gasteiger partial charge in [-0.05, 0) is 24.3 Å². The van der Waals surface area contributed by atoms with Crippen molar-refractivity contribution in [3.8, 4) is 0 Å². The summed E-state index contributed by atoms with van der Waals surface area (Å²) in [7, 11) is 0. The van der Waals surface area contributed by atoms with Crippen LogP contribution in [-0.4, -0.2) is 12.4 Å². The Morgan fingerprint density at radius 2 is 1.03 bits per heavy atom. The van der Waals surface area contributed by atoms with Crippen LogP contribution < -0.4 is 9.97 Å². The molecule has 0 aliphatic rings. The van der Waals surface area contributed by atoms with Crippen molar-refractivity contribution in [3.63, 3.8) is 0 Å². The summed E-state index contributed by atoms with van der Waals surface area (Å²) < 4.78 is 0. The summed E-state index contributed by atoms with van der Waals surface area (Å²) >= 11 is 0. The number of benzene rings is 2. The summed E-state index contributed by atoms with van der Waals surface area (Å²) in [6.07, 6.45) is 8.03. The molecule has 0 atom stereocenters. The second-order valence-electron chi connectivity index (χ2n) is 5.81. The van der Waals surface area contributed by atoms with Crippen LogP contribution >= 0.6 is 0 Å². The second-order valence-corrected chi connectivity index (χ2v) is 5.81. The molecule has 4 nitrogen and oxygen atoms in total. The third-order valence-electron chi connectivity index (χ3n) is 3.36. The fourth-order valence-corrected chi connectivity index (χ4v) is 2.09. The van der Waals surface area contributed by atoms with Gasteiger partial charge < -0.3 is 16.9 Å². The van der Waals surface area contributed by atoms with Crippen LogP contribution in [-0.2, 0) is 21.7 Å². The van der Waals surface area contributed by atoms with E-state index in [0.717, 1.165) is 29.2 Å². The maximum atomic E-state index is 4.26. The number of nitrogens with zero attached hydrogens (tertiary/aromatic N) is 4. The molecule has 0 aliphatic carbocycles. The zero-order valence-corrected chi connectivity index (χ0v) is 18.7. The van der Waals surface area contributed by atoms with E-state index in [1.54, 1.807) is 24.8 Å². The van der Waals surface area contributed by atoms with Crippen LogP contribution in [0.25, 0.3) is 0 Å². The molecule has 5 heteroatoms. The van der Waals surface area contributed by atoms with Crippen LogP contribution in [0.1, 0.15) is 24.7 Å². The van der Waals surface area contributed by atoms with E-state index >= 15 is 0 Å². The molecule has 0 radical (unpaired) electrons. The Labute approximate surface area is 194 Å². The molecule has 2 aromatic carbocycles. The van der Waals surface area contributed by atoms with Crippen LogP contribution in [0, 0.1) is 6.92 Å². The Morgan fingerprint density at radius 1 is 0.667 bits per heavy atom. The van der Waals surface area contributed by atoms with Crippen molar-refractivity contribution in [2.45, 2.75) is 13.3 Å². The maximum Gasteiger partial charge on any atom is 4.00 e. The predicted molar refractivity (Wildman–Crippen MR) is 123 cm³/mol. The van der Waals surface area contributed by atoms with Gasteiger partial charge >= 0.3 is 21.7 Å². The number of aliphatic imine (C=N–C) groups is 2. The number of aromatic nitrogens is 2. The van der Waals surface area contributed by atoms with Gasteiger partial charge in [-0.15, -0.1) is 11.4 Å². The minimum atomic E-state index is 0. The van der Waals surface area contributed by atoms with E-state index in [0.29, 0.717) is 0 Å². The summed E-state index contributed by atoms with van der Waals surface area (Å²) in [4.78, 5) is 16.7. The normalized spacial score (nSPS) is 9.93. The Bertz CT molecular complexity index is 850. The van der Waals surface area contributed by atoms with E-state index in [2.05, 4.69) is 26.9 Å². The fraction of sp³-hybridized carbons (Fsp3) is 0.0800. The molecule has 0 saturated heterocycles. The van der Waals surface area contributed by atoms with Gasteiger partial charge in [0.2, 0.25) is 0 Å². The molecule has 4 aromatic rings. The number of para-hydroxylation sites is 2. The zero-order chi connectivity index (χ0) is 20.6. The van der Waals surface area contributed by atoms with Crippen molar-refractivity contribution in [1.82, 2.24) is 9.97 Å². The minimum Gasteiger partial charge on any atom is -0.663 e. The zero-order valence-electron chi connectivity index (χ0n) is 17.1. The van der Waals surface area contributed by atoms with Gasteiger partial charge in [0.1, 0.15) is 0 Å². The van der Waals surface area contributed by atoms with Crippen molar-refractivity contribution < 1.29 is 21.7 Å². The van der Waals surface area contributed by atoms with Crippen LogP contribution in [0.15, 0.2) is 107 Å². The molecule has 2 heterocycles. The molecule has 0 spiro atoms. The van der Waals surface area contributed by atoms with E-state index in [9.17, 15) is 0 Å². The van der Waals surface area contributed by atoms with Crippen molar-refractivity contribution in [3.05, 3.63) is 116 Å². The van der Waals surface area contributed by atoms with Gasteiger partial charge in [-0.1, -0.05) is 67.6 Å². The van der Waals surface area contributed by atoms with Gasteiger partial charge in [-0.2, -0.15) is 18.8 Å². The monoisotopic (exact) mass is 429 g/mol. The van der Waals surface area contributed by atoms with Gasteiger partial charge in [0.05, 0.1) is 11.4 Å². The van der Waals surface area contributed by atoms with Gasteiger partial charge in [-0.25, -0.2) is 0 Å². The minimum absolute atomic E-state index is 0. The summed E-state index contributed by atoms with van der Waals surface area (Å²) in [5.41, 5.74) is 3.68. The molecular weight excluding hydrogens is 404 g/mol. The van der Waals surface area contributed by atoms with Gasteiger partial charge in [0, 0.05) is 12.4 Å². The van der Waals surface area contributed by atoms with Crippen LogP contribution in [0.3, 0.4) is 0 Å². The molecule has 0 amide bonds. The van der Waals surface area contributed by atoms with Crippen LogP contribution in [0.5, 0.6) is 0 Å². The number of rotatable bonds is 4. The number of hydrogen-bond donors (Lipinski definition) is 0. The first-order valence-corrected chi connectivity index (χ1v) is 9.44. The number of hydrogen-bond acceptors (Lipinski definition) is 2. The fourth-order valence-electron chi connectivity index (χ4n) is 2.09. The van der Waals surface area contributed by atoms with E-state index in [1.807, 2.05) is 91.9 Å². The molecule has 30 heavy (non-hydrogen) atoms. The molecule has 148 valence electrons. The van der Waals surface area contributed by atoms with Crippen molar-refractivity contribution in [2.75, 3.05) is 0 Å². The molecule has 4 rings (SSSR count). The summed E-state index contributed by atoms with van der Waals surface area (Å²) in [5, 5.41) is 0. The van der Waals surface area contributed by atoms with Crippen molar-refractivity contribution >= 4 is 23.8 Å². The summed E-state index contributed by atoms with van der Waals surface area (Å²) in [6.45, 7) is 5.50. The third-order valence-corrected chi connectivity index (χ3v) is 3.36. The quantitative estimate of drug-likeness (QED) is 0.226. The second kappa shape index (κ2) is 15.9. The summed E-state index contributed by atoms with van der Waals surface area (Å²) in [5.74, 6) is 0. The molecule has 0 unspecified atom stereocenters. The van der Waals surface area contributed by atoms with Gasteiger partial charge in [0.15, 0.2) is 0 Å². The summed E-state index contributed by atoms with van der Waals surface area (Å²) in [6, 6.07) is 27.3. The molecule has 0 aliphatic heterocycles. The molecule has 2 aromatic heterocycles. The van der Waals surface area contributed by atoms with E-state index in [-0.39, 0.29) is 21.7 Å². The van der Waals surface area contributed by atoms with Crippen LogP contribution in [0.2, 0.25) is 0 Å². The molecule has 0 fully saturated rings. The Morgan fingerprint density at radius 3 is 1.33 bits per heavy atom. The van der Waals surface area contributed by atoms with Gasteiger partial charge in [-0.3, -0.25) is 9.98 Å². The van der Waals surface area contributed by atoms with Crippen LogP contribution in [0.4, 0.5) is 11.4 Å². The van der Waals surface area contributed by atoms with Crippen molar-refractivity contribution in [1.29, 1.82) is 0 Å². The van der Waals surface area contributed by atoms with E-state index < -0.39 is 0 Å².